The Balaban J connectivity index is 2.25. The maximum absolute atomic E-state index is 12.0. The van der Waals surface area contributed by atoms with E-state index < -0.39 is 15.7 Å². The molecule has 0 radical (unpaired) electrons. The third-order valence-corrected chi connectivity index (χ3v) is 4.37. The summed E-state index contributed by atoms with van der Waals surface area (Å²) in [6.07, 6.45) is 2.38. The summed E-state index contributed by atoms with van der Waals surface area (Å²) in [6.45, 7) is 0. The molecule has 1 heterocycles. The molecule has 1 aromatic heterocycles. The molecule has 0 saturated carbocycles. The van der Waals surface area contributed by atoms with Gasteiger partial charge in [0, 0.05) is 18.1 Å². The second-order valence-electron chi connectivity index (χ2n) is 4.25. The number of anilines is 1. The number of nitrogens with one attached hydrogen (secondary N) is 1. The standard InChI is InChI=1S/C13H10Cl2N2O3S/c1-21(19,20)10-4-2-3-9(6-10)17-13(18)8-5-11(14)12(15)16-7-8/h2-7H,1H3,(H,17,18). The molecule has 21 heavy (non-hydrogen) atoms. The summed E-state index contributed by atoms with van der Waals surface area (Å²) in [6, 6.07) is 7.33. The van der Waals surface area contributed by atoms with Crippen molar-refractivity contribution in [3.05, 3.63) is 52.3 Å². The van der Waals surface area contributed by atoms with E-state index in [0.717, 1.165) is 6.26 Å². The zero-order valence-corrected chi connectivity index (χ0v) is 13.1. The highest BCUT2D eigenvalue weighted by molar-refractivity contribution is 7.90. The zero-order chi connectivity index (χ0) is 15.6. The first kappa shape index (κ1) is 15.8. The number of pyridine rings is 1. The van der Waals surface area contributed by atoms with Crippen LogP contribution in [0, 0.1) is 0 Å². The quantitative estimate of drug-likeness (QED) is 0.868. The summed E-state index contributed by atoms with van der Waals surface area (Å²) in [7, 11) is -3.34. The Hall–Kier alpha value is -1.63. The molecule has 0 fully saturated rings. The molecule has 2 rings (SSSR count). The van der Waals surface area contributed by atoms with Gasteiger partial charge < -0.3 is 5.32 Å². The van der Waals surface area contributed by atoms with E-state index in [1.165, 1.54) is 24.4 Å². The number of nitrogens with zero attached hydrogens (tertiary/aromatic N) is 1. The zero-order valence-electron chi connectivity index (χ0n) is 10.8. The predicted octanol–water partition coefficient (Wildman–Crippen LogP) is 3.04. The first-order chi connectivity index (χ1) is 9.77. The van der Waals surface area contributed by atoms with Crippen molar-refractivity contribution in [3.8, 4) is 0 Å². The Bertz CT molecular complexity index is 807. The van der Waals surface area contributed by atoms with Gasteiger partial charge in [-0.3, -0.25) is 4.79 Å². The minimum absolute atomic E-state index is 0.104. The fourth-order valence-corrected chi connectivity index (χ4v) is 2.49. The van der Waals surface area contributed by atoms with Crippen molar-refractivity contribution < 1.29 is 13.2 Å². The van der Waals surface area contributed by atoms with Gasteiger partial charge in [0.25, 0.3) is 5.91 Å². The van der Waals surface area contributed by atoms with E-state index in [-0.39, 0.29) is 20.6 Å². The monoisotopic (exact) mass is 344 g/mol. The van der Waals surface area contributed by atoms with Gasteiger partial charge in [-0.15, -0.1) is 0 Å². The highest BCUT2D eigenvalue weighted by Crippen LogP contribution is 2.21. The highest BCUT2D eigenvalue weighted by Gasteiger charge is 2.12. The van der Waals surface area contributed by atoms with Gasteiger partial charge in [0.2, 0.25) is 0 Å². The molecule has 8 heteroatoms. The molecule has 1 aromatic carbocycles. The van der Waals surface area contributed by atoms with Crippen molar-refractivity contribution in [1.82, 2.24) is 4.98 Å². The van der Waals surface area contributed by atoms with Gasteiger partial charge >= 0.3 is 0 Å². The average molecular weight is 345 g/mol. The van der Waals surface area contributed by atoms with Crippen LogP contribution in [-0.2, 0) is 9.84 Å². The normalized spacial score (nSPS) is 11.2. The summed E-state index contributed by atoms with van der Waals surface area (Å²) >= 11 is 11.5. The number of carbonyl (C=O) groups excluding carboxylic acids is 1. The van der Waals surface area contributed by atoms with Crippen LogP contribution in [0.2, 0.25) is 10.2 Å². The van der Waals surface area contributed by atoms with Crippen molar-refractivity contribution in [2.75, 3.05) is 11.6 Å². The van der Waals surface area contributed by atoms with E-state index in [1.54, 1.807) is 12.1 Å². The first-order valence-electron chi connectivity index (χ1n) is 5.70. The number of carbonyl (C=O) groups is 1. The summed E-state index contributed by atoms with van der Waals surface area (Å²) in [4.78, 5) is 15.9. The number of benzene rings is 1. The van der Waals surface area contributed by atoms with Crippen molar-refractivity contribution >= 4 is 44.6 Å². The molecule has 1 amide bonds. The van der Waals surface area contributed by atoms with Gasteiger partial charge in [-0.2, -0.15) is 0 Å². The van der Waals surface area contributed by atoms with E-state index in [1.807, 2.05) is 0 Å². The summed E-state index contributed by atoms with van der Waals surface area (Å²) in [5, 5.41) is 2.84. The molecule has 0 unspecified atom stereocenters. The van der Waals surface area contributed by atoms with Gasteiger partial charge in [0.1, 0.15) is 5.15 Å². The fourth-order valence-electron chi connectivity index (χ4n) is 1.55. The lowest BCUT2D eigenvalue weighted by atomic mass is 10.2. The number of amides is 1. The van der Waals surface area contributed by atoms with Gasteiger partial charge in [0.15, 0.2) is 9.84 Å². The molecule has 1 N–H and O–H groups in total. The lowest BCUT2D eigenvalue weighted by Gasteiger charge is -2.07. The lowest BCUT2D eigenvalue weighted by Crippen LogP contribution is -2.12. The van der Waals surface area contributed by atoms with E-state index in [9.17, 15) is 13.2 Å². The van der Waals surface area contributed by atoms with Crippen molar-refractivity contribution in [2.45, 2.75) is 4.90 Å². The molecule has 0 aliphatic rings. The van der Waals surface area contributed by atoms with Gasteiger partial charge in [-0.1, -0.05) is 29.3 Å². The van der Waals surface area contributed by atoms with Crippen molar-refractivity contribution in [3.63, 3.8) is 0 Å². The van der Waals surface area contributed by atoms with Crippen LogP contribution in [0.25, 0.3) is 0 Å². The molecule has 0 saturated heterocycles. The number of rotatable bonds is 3. The van der Waals surface area contributed by atoms with Crippen LogP contribution in [-0.4, -0.2) is 25.6 Å². The number of hydrogen-bond donors (Lipinski definition) is 1. The fraction of sp³-hybridized carbons (Fsp3) is 0.0769. The Morgan fingerprint density at radius 1 is 1.24 bits per heavy atom. The molecule has 0 bridgehead atoms. The largest absolute Gasteiger partial charge is 0.322 e. The molecule has 2 aromatic rings. The summed E-state index contributed by atoms with van der Waals surface area (Å²) in [5.41, 5.74) is 0.572. The van der Waals surface area contributed by atoms with Crippen LogP contribution in [0.3, 0.4) is 0 Å². The Labute approximate surface area is 131 Å². The van der Waals surface area contributed by atoms with Crippen LogP contribution >= 0.6 is 23.2 Å². The number of hydrogen-bond acceptors (Lipinski definition) is 4. The average Bonchev–Trinajstić information content (AvgIpc) is 2.41. The molecule has 110 valence electrons. The van der Waals surface area contributed by atoms with E-state index in [0.29, 0.717) is 5.69 Å². The van der Waals surface area contributed by atoms with Crippen LogP contribution in [0.5, 0.6) is 0 Å². The Morgan fingerprint density at radius 3 is 2.57 bits per heavy atom. The predicted molar refractivity (Wildman–Crippen MR) is 81.8 cm³/mol. The molecular weight excluding hydrogens is 335 g/mol. The number of sulfone groups is 1. The van der Waals surface area contributed by atoms with E-state index in [4.69, 9.17) is 23.2 Å². The minimum atomic E-state index is -3.34. The molecule has 5 nitrogen and oxygen atoms in total. The SMILES string of the molecule is CS(=O)(=O)c1cccc(NC(=O)c2cnc(Cl)c(Cl)c2)c1. The summed E-state index contributed by atoms with van der Waals surface area (Å²) < 4.78 is 22.9. The Morgan fingerprint density at radius 2 is 1.95 bits per heavy atom. The van der Waals surface area contributed by atoms with Crippen molar-refractivity contribution in [2.24, 2.45) is 0 Å². The van der Waals surface area contributed by atoms with Gasteiger partial charge in [-0.25, -0.2) is 13.4 Å². The van der Waals surface area contributed by atoms with E-state index >= 15 is 0 Å². The second-order valence-corrected chi connectivity index (χ2v) is 7.03. The molecule has 0 aliphatic carbocycles. The van der Waals surface area contributed by atoms with Gasteiger partial charge in [0.05, 0.1) is 15.5 Å². The minimum Gasteiger partial charge on any atom is -0.322 e. The molecule has 0 aliphatic heterocycles. The second kappa shape index (κ2) is 6.01. The number of halogens is 2. The van der Waals surface area contributed by atoms with Crippen LogP contribution in [0.1, 0.15) is 10.4 Å². The Kier molecular flexibility index (Phi) is 4.51. The maximum atomic E-state index is 12.0. The maximum Gasteiger partial charge on any atom is 0.257 e. The first-order valence-corrected chi connectivity index (χ1v) is 8.34. The molecule has 0 spiro atoms. The number of aromatic nitrogens is 1. The third-order valence-electron chi connectivity index (χ3n) is 2.58. The van der Waals surface area contributed by atoms with E-state index in [2.05, 4.69) is 10.3 Å². The van der Waals surface area contributed by atoms with Crippen LogP contribution in [0.4, 0.5) is 5.69 Å². The molecular formula is C13H10Cl2N2O3S. The summed E-state index contributed by atoms with van der Waals surface area (Å²) in [5.74, 6) is -0.466. The third kappa shape index (κ3) is 3.93. The van der Waals surface area contributed by atoms with Crippen LogP contribution in [0.15, 0.2) is 41.4 Å². The highest BCUT2D eigenvalue weighted by atomic mass is 35.5. The van der Waals surface area contributed by atoms with Crippen molar-refractivity contribution in [1.29, 1.82) is 0 Å². The molecule has 0 atom stereocenters. The lowest BCUT2D eigenvalue weighted by molar-refractivity contribution is 0.102. The van der Waals surface area contributed by atoms with Gasteiger partial charge in [-0.05, 0) is 24.3 Å². The topological polar surface area (TPSA) is 76.1 Å². The van der Waals surface area contributed by atoms with Crippen LogP contribution < -0.4 is 5.32 Å². The smallest absolute Gasteiger partial charge is 0.257 e.